The Labute approximate surface area is 195 Å². The number of imidazole rings is 1. The third-order valence-corrected chi connectivity index (χ3v) is 5.17. The number of pyridine rings is 2. The summed E-state index contributed by atoms with van der Waals surface area (Å²) in [5.41, 5.74) is 5.29. The summed E-state index contributed by atoms with van der Waals surface area (Å²) in [7, 11) is 3.25. The highest BCUT2D eigenvalue weighted by Gasteiger charge is 2.17. The molecule has 4 aromatic heterocycles. The summed E-state index contributed by atoms with van der Waals surface area (Å²) in [5.74, 6) is 2.66. The number of rotatable bonds is 7. The molecule has 0 saturated carbocycles. The van der Waals surface area contributed by atoms with Crippen molar-refractivity contribution in [3.8, 4) is 22.9 Å². The average molecular weight is 456 g/mol. The van der Waals surface area contributed by atoms with Crippen LogP contribution in [0.3, 0.4) is 0 Å². The lowest BCUT2D eigenvalue weighted by molar-refractivity contribution is -0.392. The van der Waals surface area contributed by atoms with Gasteiger partial charge < -0.3 is 25.1 Å². The van der Waals surface area contributed by atoms with Gasteiger partial charge in [-0.3, -0.25) is 0 Å². The number of nitrogens with one attached hydrogen (secondary N) is 4. The van der Waals surface area contributed by atoms with E-state index in [1.54, 1.807) is 26.7 Å². The van der Waals surface area contributed by atoms with Crippen LogP contribution in [0.2, 0.25) is 0 Å². The number of aryl methyl sites for hydroxylation is 1. The van der Waals surface area contributed by atoms with E-state index in [4.69, 9.17) is 19.4 Å². The molecule has 10 nitrogen and oxygen atoms in total. The first kappa shape index (κ1) is 21.1. The number of H-pyrrole nitrogens is 2. The molecule has 0 amide bonds. The van der Waals surface area contributed by atoms with Crippen molar-refractivity contribution in [3.63, 3.8) is 0 Å². The first-order valence-corrected chi connectivity index (χ1v) is 10.5. The van der Waals surface area contributed by atoms with Crippen LogP contribution < -0.4 is 25.1 Å². The largest absolute Gasteiger partial charge is 0.497 e. The van der Waals surface area contributed by atoms with Gasteiger partial charge >= 0.3 is 5.88 Å². The molecule has 10 heteroatoms. The minimum absolute atomic E-state index is 0.595. The summed E-state index contributed by atoms with van der Waals surface area (Å²) in [6, 6.07) is 13.4. The van der Waals surface area contributed by atoms with Crippen molar-refractivity contribution in [3.05, 3.63) is 67.0 Å². The molecule has 170 valence electrons. The van der Waals surface area contributed by atoms with Gasteiger partial charge in [0.2, 0.25) is 0 Å². The van der Waals surface area contributed by atoms with E-state index in [-0.39, 0.29) is 0 Å². The van der Waals surface area contributed by atoms with Gasteiger partial charge in [0.15, 0.2) is 11.8 Å². The Morgan fingerprint density at radius 3 is 2.62 bits per heavy atom. The summed E-state index contributed by atoms with van der Waals surface area (Å²) >= 11 is 0. The Bertz CT molecular complexity index is 1450. The van der Waals surface area contributed by atoms with Crippen molar-refractivity contribution in [1.82, 2.24) is 24.9 Å². The minimum atomic E-state index is 0.595. The maximum Gasteiger partial charge on any atom is 0.365 e. The SMILES string of the molecule is COc1cccc(Nc2cnc(Nc3ccc(OC)[nH+]c3)c(-c3nc(C)nc4nc[nH]c34)c2)c1. The highest BCUT2D eigenvalue weighted by atomic mass is 16.5. The molecule has 0 radical (unpaired) electrons. The summed E-state index contributed by atoms with van der Waals surface area (Å²) < 4.78 is 10.5. The number of aromatic amines is 2. The van der Waals surface area contributed by atoms with Crippen molar-refractivity contribution >= 4 is 34.0 Å². The highest BCUT2D eigenvalue weighted by molar-refractivity contribution is 5.92. The normalized spacial score (nSPS) is 10.8. The molecule has 0 unspecified atom stereocenters. The van der Waals surface area contributed by atoms with E-state index in [0.29, 0.717) is 28.9 Å². The molecule has 0 aliphatic rings. The van der Waals surface area contributed by atoms with E-state index in [1.165, 1.54) is 0 Å². The number of ether oxygens (including phenoxy) is 2. The summed E-state index contributed by atoms with van der Waals surface area (Å²) in [6.07, 6.45) is 5.18. The van der Waals surface area contributed by atoms with Gasteiger partial charge in [-0.15, -0.1) is 0 Å². The second-order valence-corrected chi connectivity index (χ2v) is 7.47. The molecule has 0 aliphatic heterocycles. The van der Waals surface area contributed by atoms with Gasteiger partial charge in [-0.2, -0.15) is 4.98 Å². The number of nitrogens with zero attached hydrogens (tertiary/aromatic N) is 4. The van der Waals surface area contributed by atoms with Gasteiger partial charge in [0, 0.05) is 17.3 Å². The van der Waals surface area contributed by atoms with E-state index in [9.17, 15) is 0 Å². The predicted molar refractivity (Wildman–Crippen MR) is 129 cm³/mol. The molecule has 5 aromatic rings. The lowest BCUT2D eigenvalue weighted by Crippen LogP contribution is -2.08. The third-order valence-electron chi connectivity index (χ3n) is 5.17. The lowest BCUT2D eigenvalue weighted by Gasteiger charge is -2.14. The number of hydrogen-bond acceptors (Lipinski definition) is 8. The number of fused-ring (bicyclic) bond motifs is 1. The Kier molecular flexibility index (Phi) is 5.61. The Balaban J connectivity index is 1.59. The van der Waals surface area contributed by atoms with Crippen LogP contribution in [0.4, 0.5) is 22.9 Å². The highest BCUT2D eigenvalue weighted by Crippen LogP contribution is 2.34. The molecular formula is C24H23N8O2+. The van der Waals surface area contributed by atoms with Gasteiger partial charge in [-0.05, 0) is 31.2 Å². The summed E-state index contributed by atoms with van der Waals surface area (Å²) in [6.45, 7) is 1.84. The standard InChI is InChI=1S/C24H22N8O2/c1-14-29-21(22-24(30-14)28-13-27-22)19-10-17(31-15-5-4-6-18(9-15)33-2)12-26-23(19)32-16-7-8-20(34-3)25-11-16/h4-13,31H,1-3H3,(H,26,32)(H,27,28,29,30)/p+1. The zero-order valence-electron chi connectivity index (χ0n) is 18.9. The maximum absolute atomic E-state index is 5.33. The molecule has 1 aromatic carbocycles. The fraction of sp³-hybridized carbons (Fsp3) is 0.125. The molecule has 5 rings (SSSR count). The van der Waals surface area contributed by atoms with Crippen LogP contribution >= 0.6 is 0 Å². The molecule has 34 heavy (non-hydrogen) atoms. The zero-order valence-corrected chi connectivity index (χ0v) is 18.9. The number of anilines is 4. The van der Waals surface area contributed by atoms with Crippen LogP contribution in [0.5, 0.6) is 11.6 Å². The number of methoxy groups -OCH3 is 2. The fourth-order valence-electron chi connectivity index (χ4n) is 3.57. The molecule has 4 heterocycles. The first-order chi connectivity index (χ1) is 16.6. The van der Waals surface area contributed by atoms with Crippen LogP contribution in [-0.2, 0) is 0 Å². The molecule has 0 bridgehead atoms. The van der Waals surface area contributed by atoms with Crippen LogP contribution in [0.15, 0.2) is 61.2 Å². The van der Waals surface area contributed by atoms with E-state index in [0.717, 1.165) is 33.9 Å². The third kappa shape index (κ3) is 4.29. The summed E-state index contributed by atoms with van der Waals surface area (Å²) in [4.78, 5) is 24.4. The van der Waals surface area contributed by atoms with E-state index < -0.39 is 0 Å². The molecule has 4 N–H and O–H groups in total. The van der Waals surface area contributed by atoms with Crippen LogP contribution in [0.1, 0.15) is 5.82 Å². The number of benzene rings is 1. The molecule has 0 saturated heterocycles. The van der Waals surface area contributed by atoms with Gasteiger partial charge in [0.05, 0.1) is 38.5 Å². The van der Waals surface area contributed by atoms with Crippen LogP contribution in [0.25, 0.3) is 22.4 Å². The van der Waals surface area contributed by atoms with Gasteiger partial charge in [0.25, 0.3) is 0 Å². The smallest absolute Gasteiger partial charge is 0.365 e. The maximum atomic E-state index is 5.33. The monoisotopic (exact) mass is 455 g/mol. The quantitative estimate of drug-likeness (QED) is 0.336. The van der Waals surface area contributed by atoms with E-state index >= 15 is 0 Å². The van der Waals surface area contributed by atoms with Crippen LogP contribution in [0, 0.1) is 6.92 Å². The molecule has 0 atom stereocenters. The van der Waals surface area contributed by atoms with Crippen molar-refractivity contribution in [2.75, 3.05) is 24.9 Å². The fourth-order valence-corrected chi connectivity index (χ4v) is 3.57. The topological polar surface area (TPSA) is 124 Å². The van der Waals surface area contributed by atoms with E-state index in [1.807, 2.05) is 55.6 Å². The first-order valence-electron chi connectivity index (χ1n) is 10.5. The second kappa shape index (κ2) is 9.02. The van der Waals surface area contributed by atoms with E-state index in [2.05, 4.69) is 30.6 Å². The minimum Gasteiger partial charge on any atom is -0.497 e. The average Bonchev–Trinajstić information content (AvgIpc) is 3.33. The zero-order chi connectivity index (χ0) is 23.5. The number of hydrogen-bond donors (Lipinski definition) is 3. The molecule has 0 fully saturated rings. The van der Waals surface area contributed by atoms with Gasteiger partial charge in [0.1, 0.15) is 34.3 Å². The Hall–Kier alpha value is -4.73. The van der Waals surface area contributed by atoms with Crippen molar-refractivity contribution < 1.29 is 14.5 Å². The van der Waals surface area contributed by atoms with Gasteiger partial charge in [-0.1, -0.05) is 6.07 Å². The molecule has 0 aliphatic carbocycles. The summed E-state index contributed by atoms with van der Waals surface area (Å²) in [5, 5.41) is 6.76. The van der Waals surface area contributed by atoms with Crippen LogP contribution in [-0.4, -0.2) is 39.1 Å². The molecule has 0 spiro atoms. The second-order valence-electron chi connectivity index (χ2n) is 7.47. The lowest BCUT2D eigenvalue weighted by atomic mass is 10.1. The van der Waals surface area contributed by atoms with Gasteiger partial charge in [-0.25, -0.2) is 19.9 Å². The number of aromatic nitrogens is 6. The van der Waals surface area contributed by atoms with Crippen molar-refractivity contribution in [2.24, 2.45) is 0 Å². The Morgan fingerprint density at radius 1 is 0.912 bits per heavy atom. The molecular weight excluding hydrogens is 432 g/mol. The van der Waals surface area contributed by atoms with Crippen molar-refractivity contribution in [1.29, 1.82) is 0 Å². The predicted octanol–water partition coefficient (Wildman–Crippen LogP) is 4.04. The van der Waals surface area contributed by atoms with Crippen molar-refractivity contribution in [2.45, 2.75) is 6.92 Å². The Morgan fingerprint density at radius 2 is 1.82 bits per heavy atom.